The highest BCUT2D eigenvalue weighted by atomic mass is 32.2. The first-order chi connectivity index (χ1) is 9.67. The maximum absolute atomic E-state index is 4.10. The van der Waals surface area contributed by atoms with Gasteiger partial charge in [0.1, 0.15) is 0 Å². The fourth-order valence-corrected chi connectivity index (χ4v) is 4.10. The molecule has 1 atom stereocenters. The van der Waals surface area contributed by atoms with Gasteiger partial charge in [-0.05, 0) is 29.7 Å². The van der Waals surface area contributed by atoms with Crippen LogP contribution in [0.2, 0.25) is 0 Å². The second-order valence-electron chi connectivity index (χ2n) is 5.88. The van der Waals surface area contributed by atoms with Gasteiger partial charge in [0.05, 0.1) is 23.8 Å². The smallest absolute Gasteiger partial charge is 0.0894 e. The molecule has 1 unspecified atom stereocenters. The minimum Gasteiger partial charge on any atom is -0.379 e. The Balaban J connectivity index is 1.88. The van der Waals surface area contributed by atoms with Crippen molar-refractivity contribution in [2.45, 2.75) is 26.3 Å². The minimum atomic E-state index is 0.320. The van der Waals surface area contributed by atoms with E-state index in [1.165, 1.54) is 12.2 Å². The first kappa shape index (κ1) is 13.5. The molecule has 1 saturated heterocycles. The van der Waals surface area contributed by atoms with Crippen LogP contribution in [0.1, 0.15) is 20.3 Å². The summed E-state index contributed by atoms with van der Waals surface area (Å²) in [6, 6.07) is 8.76. The number of rotatable bonds is 3. The number of anilines is 1. The SMILES string of the molecule is CC1(C)CCSCC1Nc1ccccc1-n1ccnn1. The number of hydrogen-bond acceptors (Lipinski definition) is 4. The third-order valence-electron chi connectivity index (χ3n) is 4.02. The van der Waals surface area contributed by atoms with Crippen LogP contribution in [-0.4, -0.2) is 32.5 Å². The van der Waals surface area contributed by atoms with Gasteiger partial charge >= 0.3 is 0 Å². The quantitative estimate of drug-likeness (QED) is 0.942. The van der Waals surface area contributed by atoms with Gasteiger partial charge in [-0.2, -0.15) is 11.8 Å². The third kappa shape index (κ3) is 2.68. The molecule has 1 aromatic carbocycles. The summed E-state index contributed by atoms with van der Waals surface area (Å²) in [6.07, 6.45) is 4.83. The van der Waals surface area contributed by atoms with Gasteiger partial charge in [-0.1, -0.05) is 31.2 Å². The largest absolute Gasteiger partial charge is 0.379 e. The Morgan fingerprint density at radius 2 is 2.20 bits per heavy atom. The van der Waals surface area contributed by atoms with Crippen molar-refractivity contribution in [2.75, 3.05) is 16.8 Å². The van der Waals surface area contributed by atoms with E-state index in [0.717, 1.165) is 17.1 Å². The van der Waals surface area contributed by atoms with Crippen LogP contribution in [0.3, 0.4) is 0 Å². The maximum atomic E-state index is 4.10. The van der Waals surface area contributed by atoms with E-state index < -0.39 is 0 Å². The van der Waals surface area contributed by atoms with Crippen LogP contribution < -0.4 is 5.32 Å². The molecule has 1 aliphatic rings. The second kappa shape index (κ2) is 5.48. The predicted molar refractivity (Wildman–Crippen MR) is 84.5 cm³/mol. The molecule has 4 nitrogen and oxygen atoms in total. The van der Waals surface area contributed by atoms with Crippen molar-refractivity contribution in [3.05, 3.63) is 36.7 Å². The normalized spacial score (nSPS) is 21.6. The Hall–Kier alpha value is -1.49. The molecule has 0 radical (unpaired) electrons. The van der Waals surface area contributed by atoms with Gasteiger partial charge < -0.3 is 5.32 Å². The summed E-state index contributed by atoms with van der Waals surface area (Å²) >= 11 is 2.03. The van der Waals surface area contributed by atoms with E-state index in [1.807, 2.05) is 28.7 Å². The van der Waals surface area contributed by atoms with E-state index in [2.05, 4.69) is 47.7 Å². The lowest BCUT2D eigenvalue weighted by molar-refractivity contribution is 0.305. The van der Waals surface area contributed by atoms with Crippen molar-refractivity contribution in [3.63, 3.8) is 0 Å². The highest BCUT2D eigenvalue weighted by Crippen LogP contribution is 2.36. The van der Waals surface area contributed by atoms with Crippen molar-refractivity contribution in [1.82, 2.24) is 15.0 Å². The molecular formula is C15H20N4S. The van der Waals surface area contributed by atoms with Crippen molar-refractivity contribution in [3.8, 4) is 5.69 Å². The van der Waals surface area contributed by atoms with Gasteiger partial charge in [-0.3, -0.25) is 0 Å². The Bertz CT molecular complexity index is 565. The molecule has 106 valence electrons. The van der Waals surface area contributed by atoms with E-state index >= 15 is 0 Å². The van der Waals surface area contributed by atoms with Gasteiger partial charge in [0.25, 0.3) is 0 Å². The Morgan fingerprint density at radius 1 is 1.35 bits per heavy atom. The summed E-state index contributed by atoms with van der Waals surface area (Å²) in [4.78, 5) is 0. The van der Waals surface area contributed by atoms with Gasteiger partial charge in [0.2, 0.25) is 0 Å². The fourth-order valence-electron chi connectivity index (χ4n) is 2.49. The fraction of sp³-hybridized carbons (Fsp3) is 0.467. The van der Waals surface area contributed by atoms with Crippen LogP contribution in [0, 0.1) is 5.41 Å². The molecule has 0 spiro atoms. The van der Waals surface area contributed by atoms with E-state index in [9.17, 15) is 0 Å². The van der Waals surface area contributed by atoms with Crippen LogP contribution in [0.15, 0.2) is 36.7 Å². The highest BCUT2D eigenvalue weighted by Gasteiger charge is 2.32. The molecule has 3 rings (SSSR count). The molecule has 2 aromatic rings. The average Bonchev–Trinajstić information content (AvgIpc) is 2.95. The number of thioether (sulfide) groups is 1. The zero-order valence-corrected chi connectivity index (χ0v) is 12.7. The number of nitrogens with one attached hydrogen (secondary N) is 1. The lowest BCUT2D eigenvalue weighted by atomic mass is 9.82. The molecule has 20 heavy (non-hydrogen) atoms. The lowest BCUT2D eigenvalue weighted by Gasteiger charge is -2.39. The molecule has 0 amide bonds. The van der Waals surface area contributed by atoms with Crippen LogP contribution in [-0.2, 0) is 0 Å². The zero-order valence-electron chi connectivity index (χ0n) is 11.9. The summed E-state index contributed by atoms with van der Waals surface area (Å²) in [5, 5.41) is 11.7. The van der Waals surface area contributed by atoms with Crippen molar-refractivity contribution in [1.29, 1.82) is 0 Å². The Kier molecular flexibility index (Phi) is 3.70. The van der Waals surface area contributed by atoms with Gasteiger partial charge in [-0.25, -0.2) is 4.68 Å². The molecule has 1 aliphatic heterocycles. The van der Waals surface area contributed by atoms with Crippen LogP contribution in [0.25, 0.3) is 5.69 Å². The number of para-hydroxylation sites is 2. The number of benzene rings is 1. The van der Waals surface area contributed by atoms with Gasteiger partial charge in [0, 0.05) is 11.8 Å². The molecule has 1 aromatic heterocycles. The van der Waals surface area contributed by atoms with Crippen molar-refractivity contribution < 1.29 is 0 Å². The Labute approximate surface area is 124 Å². The summed E-state index contributed by atoms with van der Waals surface area (Å²) in [6.45, 7) is 4.70. The van der Waals surface area contributed by atoms with E-state index in [-0.39, 0.29) is 0 Å². The van der Waals surface area contributed by atoms with Crippen LogP contribution in [0.4, 0.5) is 5.69 Å². The Morgan fingerprint density at radius 3 is 2.95 bits per heavy atom. The number of aromatic nitrogens is 3. The molecule has 1 N–H and O–H groups in total. The summed E-state index contributed by atoms with van der Waals surface area (Å²) in [5.74, 6) is 2.41. The van der Waals surface area contributed by atoms with Gasteiger partial charge in [-0.15, -0.1) is 5.10 Å². The summed E-state index contributed by atoms with van der Waals surface area (Å²) in [5.41, 5.74) is 2.50. The highest BCUT2D eigenvalue weighted by molar-refractivity contribution is 7.99. The zero-order chi connectivity index (χ0) is 14.0. The van der Waals surface area contributed by atoms with Crippen LogP contribution >= 0.6 is 11.8 Å². The van der Waals surface area contributed by atoms with Gasteiger partial charge in [0.15, 0.2) is 0 Å². The maximum Gasteiger partial charge on any atom is 0.0894 e. The minimum absolute atomic E-state index is 0.320. The molecule has 5 heteroatoms. The molecular weight excluding hydrogens is 268 g/mol. The molecule has 0 bridgehead atoms. The molecule has 2 heterocycles. The molecule has 0 saturated carbocycles. The second-order valence-corrected chi connectivity index (χ2v) is 7.03. The van der Waals surface area contributed by atoms with Crippen LogP contribution in [0.5, 0.6) is 0 Å². The lowest BCUT2D eigenvalue weighted by Crippen LogP contribution is -2.41. The monoisotopic (exact) mass is 288 g/mol. The van der Waals surface area contributed by atoms with E-state index in [4.69, 9.17) is 0 Å². The predicted octanol–water partition coefficient (Wildman–Crippen LogP) is 3.21. The van der Waals surface area contributed by atoms with Crippen molar-refractivity contribution in [2.24, 2.45) is 5.41 Å². The average molecular weight is 288 g/mol. The summed E-state index contributed by atoms with van der Waals surface area (Å²) < 4.78 is 1.81. The van der Waals surface area contributed by atoms with E-state index in [0.29, 0.717) is 11.5 Å². The number of nitrogens with zero attached hydrogens (tertiary/aromatic N) is 3. The number of hydrogen-bond donors (Lipinski definition) is 1. The molecule has 1 fully saturated rings. The first-order valence-corrected chi connectivity index (χ1v) is 8.12. The van der Waals surface area contributed by atoms with E-state index in [1.54, 1.807) is 6.20 Å². The van der Waals surface area contributed by atoms with Crippen molar-refractivity contribution >= 4 is 17.4 Å². The third-order valence-corrected chi connectivity index (χ3v) is 5.08. The summed E-state index contributed by atoms with van der Waals surface area (Å²) in [7, 11) is 0. The standard InChI is InChI=1S/C15H20N4S/c1-15(2)7-10-20-11-14(15)17-12-5-3-4-6-13(12)19-9-8-16-18-19/h3-6,8-9,14,17H,7,10-11H2,1-2H3. The molecule has 0 aliphatic carbocycles. The first-order valence-electron chi connectivity index (χ1n) is 6.97. The topological polar surface area (TPSA) is 42.7 Å².